The summed E-state index contributed by atoms with van der Waals surface area (Å²) < 4.78 is 13.2. The molecule has 0 saturated carbocycles. The quantitative estimate of drug-likeness (QED) is 0.863. The van der Waals surface area contributed by atoms with Gasteiger partial charge in [-0.2, -0.15) is 0 Å². The van der Waals surface area contributed by atoms with Crippen LogP contribution in [0.5, 0.6) is 0 Å². The van der Waals surface area contributed by atoms with Gasteiger partial charge in [-0.1, -0.05) is 13.0 Å². The molecule has 1 N–H and O–H groups in total. The van der Waals surface area contributed by atoms with Gasteiger partial charge in [0.15, 0.2) is 0 Å². The Labute approximate surface area is 110 Å². The van der Waals surface area contributed by atoms with Crippen LogP contribution in [0.3, 0.4) is 0 Å². The third-order valence-electron chi connectivity index (χ3n) is 3.10. The second-order valence-electron chi connectivity index (χ2n) is 5.78. The molecule has 0 fully saturated rings. The molecule has 1 aromatic rings. The largest absolute Gasteiger partial charge is 0.370 e. The fraction of sp³-hybridized carbons (Fsp3) is 0.600. The highest BCUT2D eigenvalue weighted by molar-refractivity contribution is 5.46. The summed E-state index contributed by atoms with van der Waals surface area (Å²) in [7, 11) is 2.02. The zero-order valence-electron chi connectivity index (χ0n) is 12.1. The highest BCUT2D eigenvalue weighted by atomic mass is 19.1. The van der Waals surface area contributed by atoms with Crippen LogP contribution in [0.15, 0.2) is 24.3 Å². The summed E-state index contributed by atoms with van der Waals surface area (Å²) in [6.07, 6.45) is 1.02. The van der Waals surface area contributed by atoms with Gasteiger partial charge in [0.2, 0.25) is 0 Å². The zero-order valence-corrected chi connectivity index (χ0v) is 12.1. The lowest BCUT2D eigenvalue weighted by Gasteiger charge is -2.32. The van der Waals surface area contributed by atoms with E-state index in [0.717, 1.165) is 18.7 Å². The van der Waals surface area contributed by atoms with Crippen molar-refractivity contribution in [2.75, 3.05) is 18.5 Å². The van der Waals surface area contributed by atoms with Crippen molar-refractivity contribution in [1.29, 1.82) is 0 Å². The Kier molecular flexibility index (Phi) is 5.15. The minimum Gasteiger partial charge on any atom is -0.370 e. The molecule has 1 aromatic carbocycles. The molecule has 1 unspecified atom stereocenters. The Balaban J connectivity index is 2.70. The van der Waals surface area contributed by atoms with Crippen LogP contribution in [0.2, 0.25) is 0 Å². The lowest BCUT2D eigenvalue weighted by molar-refractivity contribution is 0.397. The predicted molar refractivity (Wildman–Crippen MR) is 76.6 cm³/mol. The van der Waals surface area contributed by atoms with Crippen molar-refractivity contribution in [3.63, 3.8) is 0 Å². The summed E-state index contributed by atoms with van der Waals surface area (Å²) in [5.74, 6) is -0.182. The molecular formula is C15H25FN2. The fourth-order valence-corrected chi connectivity index (χ4v) is 1.89. The van der Waals surface area contributed by atoms with Crippen molar-refractivity contribution >= 4 is 5.69 Å². The first-order valence-corrected chi connectivity index (χ1v) is 6.57. The molecule has 102 valence electrons. The van der Waals surface area contributed by atoms with Crippen LogP contribution in [0.4, 0.5) is 10.1 Å². The van der Waals surface area contributed by atoms with E-state index in [4.69, 9.17) is 0 Å². The predicted octanol–water partition coefficient (Wildman–Crippen LogP) is 3.43. The standard InChI is InChI=1S/C15H25FN2/c1-6-13(11-17-15(2,3)4)18(5)14-9-7-8-12(16)10-14/h7-10,13,17H,6,11H2,1-5H3. The molecule has 0 aliphatic rings. The van der Waals surface area contributed by atoms with Crippen molar-refractivity contribution in [1.82, 2.24) is 5.32 Å². The van der Waals surface area contributed by atoms with Crippen LogP contribution < -0.4 is 10.2 Å². The molecular weight excluding hydrogens is 227 g/mol. The van der Waals surface area contributed by atoms with Crippen molar-refractivity contribution in [3.8, 4) is 0 Å². The van der Waals surface area contributed by atoms with E-state index in [2.05, 4.69) is 37.9 Å². The first-order chi connectivity index (χ1) is 8.33. The molecule has 0 saturated heterocycles. The smallest absolute Gasteiger partial charge is 0.125 e. The molecule has 1 atom stereocenters. The van der Waals surface area contributed by atoms with Gasteiger partial charge in [-0.05, 0) is 45.4 Å². The second-order valence-corrected chi connectivity index (χ2v) is 5.78. The molecule has 0 spiro atoms. The van der Waals surface area contributed by atoms with Gasteiger partial charge < -0.3 is 10.2 Å². The molecule has 0 radical (unpaired) electrons. The van der Waals surface area contributed by atoms with E-state index in [1.54, 1.807) is 12.1 Å². The van der Waals surface area contributed by atoms with Crippen LogP contribution in [0, 0.1) is 5.82 Å². The number of anilines is 1. The first-order valence-electron chi connectivity index (χ1n) is 6.57. The molecule has 0 bridgehead atoms. The molecule has 2 nitrogen and oxygen atoms in total. The number of rotatable bonds is 5. The van der Waals surface area contributed by atoms with Crippen LogP contribution in [-0.4, -0.2) is 25.2 Å². The summed E-state index contributed by atoms with van der Waals surface area (Å²) in [5.41, 5.74) is 1.04. The lowest BCUT2D eigenvalue weighted by atomic mass is 10.1. The van der Waals surface area contributed by atoms with Gasteiger partial charge in [0.1, 0.15) is 5.82 Å². The van der Waals surface area contributed by atoms with Crippen LogP contribution in [0.1, 0.15) is 34.1 Å². The van der Waals surface area contributed by atoms with Crippen molar-refractivity contribution in [3.05, 3.63) is 30.1 Å². The zero-order chi connectivity index (χ0) is 13.8. The van der Waals surface area contributed by atoms with E-state index in [1.807, 2.05) is 13.1 Å². The number of nitrogens with zero attached hydrogens (tertiary/aromatic N) is 1. The van der Waals surface area contributed by atoms with Gasteiger partial charge in [0, 0.05) is 30.9 Å². The number of benzene rings is 1. The van der Waals surface area contributed by atoms with Crippen molar-refractivity contribution in [2.24, 2.45) is 0 Å². The first kappa shape index (κ1) is 15.0. The van der Waals surface area contributed by atoms with E-state index in [0.29, 0.717) is 6.04 Å². The van der Waals surface area contributed by atoms with Crippen LogP contribution >= 0.6 is 0 Å². The Morgan fingerprint density at radius 2 is 2.00 bits per heavy atom. The van der Waals surface area contributed by atoms with Crippen LogP contribution in [0.25, 0.3) is 0 Å². The average Bonchev–Trinajstić information content (AvgIpc) is 2.28. The van der Waals surface area contributed by atoms with Gasteiger partial charge in [-0.3, -0.25) is 0 Å². The third kappa shape index (κ3) is 4.65. The number of hydrogen-bond donors (Lipinski definition) is 1. The number of halogens is 1. The molecule has 0 aromatic heterocycles. The number of likely N-dealkylation sites (N-methyl/N-ethyl adjacent to an activating group) is 1. The summed E-state index contributed by atoms with van der Waals surface area (Å²) >= 11 is 0. The monoisotopic (exact) mass is 252 g/mol. The summed E-state index contributed by atoms with van der Waals surface area (Å²) in [5, 5.41) is 3.50. The van der Waals surface area contributed by atoms with Crippen LogP contribution in [-0.2, 0) is 0 Å². The molecule has 18 heavy (non-hydrogen) atoms. The average molecular weight is 252 g/mol. The van der Waals surface area contributed by atoms with E-state index < -0.39 is 0 Å². The second kappa shape index (κ2) is 6.19. The maximum absolute atomic E-state index is 13.2. The van der Waals surface area contributed by atoms with E-state index in [-0.39, 0.29) is 11.4 Å². The highest BCUT2D eigenvalue weighted by Gasteiger charge is 2.17. The normalized spacial score (nSPS) is 13.4. The highest BCUT2D eigenvalue weighted by Crippen LogP contribution is 2.18. The minimum absolute atomic E-state index is 0.107. The van der Waals surface area contributed by atoms with Gasteiger partial charge in [0.05, 0.1) is 0 Å². The third-order valence-corrected chi connectivity index (χ3v) is 3.10. The van der Waals surface area contributed by atoms with E-state index >= 15 is 0 Å². The van der Waals surface area contributed by atoms with E-state index in [1.165, 1.54) is 6.07 Å². The van der Waals surface area contributed by atoms with Crippen molar-refractivity contribution in [2.45, 2.75) is 45.7 Å². The van der Waals surface area contributed by atoms with Gasteiger partial charge in [0.25, 0.3) is 0 Å². The molecule has 0 amide bonds. The molecule has 1 rings (SSSR count). The fourth-order valence-electron chi connectivity index (χ4n) is 1.89. The Hall–Kier alpha value is -1.09. The van der Waals surface area contributed by atoms with Gasteiger partial charge >= 0.3 is 0 Å². The summed E-state index contributed by atoms with van der Waals surface area (Å²) in [6, 6.07) is 7.13. The minimum atomic E-state index is -0.182. The van der Waals surface area contributed by atoms with E-state index in [9.17, 15) is 4.39 Å². The lowest BCUT2D eigenvalue weighted by Crippen LogP contribution is -2.46. The SMILES string of the molecule is CCC(CNC(C)(C)C)N(C)c1cccc(F)c1. The maximum Gasteiger partial charge on any atom is 0.125 e. The molecule has 0 heterocycles. The Bertz CT molecular complexity index is 371. The number of nitrogens with one attached hydrogen (secondary N) is 1. The van der Waals surface area contributed by atoms with Crippen molar-refractivity contribution < 1.29 is 4.39 Å². The summed E-state index contributed by atoms with van der Waals surface area (Å²) in [4.78, 5) is 2.14. The summed E-state index contributed by atoms with van der Waals surface area (Å²) in [6.45, 7) is 9.52. The van der Waals surface area contributed by atoms with Gasteiger partial charge in [-0.15, -0.1) is 0 Å². The topological polar surface area (TPSA) is 15.3 Å². The Morgan fingerprint density at radius 1 is 1.33 bits per heavy atom. The molecule has 0 aliphatic carbocycles. The van der Waals surface area contributed by atoms with Gasteiger partial charge in [-0.25, -0.2) is 4.39 Å². The number of hydrogen-bond acceptors (Lipinski definition) is 2. The molecule has 0 aliphatic heterocycles. The Morgan fingerprint density at radius 3 is 2.50 bits per heavy atom. The maximum atomic E-state index is 13.2. The molecule has 3 heteroatoms.